The van der Waals surface area contributed by atoms with Crippen molar-refractivity contribution < 1.29 is 14.5 Å². The minimum atomic E-state index is -0.761. The number of nitrogens with two attached hydrogens (primary N) is 1. The van der Waals surface area contributed by atoms with E-state index >= 15 is 0 Å². The number of non-ortho nitro benzene ring substituents is 1. The molecule has 4 rings (SSSR count). The number of nitro benzene ring substituents is 1. The zero-order chi connectivity index (χ0) is 23.9. The number of nitriles is 1. The largest absolute Gasteiger partial charge is 0.497 e. The van der Waals surface area contributed by atoms with E-state index < -0.39 is 10.8 Å². The van der Waals surface area contributed by atoms with Crippen molar-refractivity contribution >= 4 is 17.2 Å². The van der Waals surface area contributed by atoms with E-state index in [1.54, 1.807) is 36.3 Å². The summed E-state index contributed by atoms with van der Waals surface area (Å²) >= 11 is 0. The van der Waals surface area contributed by atoms with Gasteiger partial charge in [0.2, 0.25) is 0 Å². The molecule has 2 aromatic carbocycles. The number of rotatable bonds is 4. The molecule has 2 aromatic rings. The lowest BCUT2D eigenvalue weighted by molar-refractivity contribution is -0.384. The lowest BCUT2D eigenvalue weighted by atomic mass is 9.68. The van der Waals surface area contributed by atoms with Crippen LogP contribution in [-0.2, 0) is 4.79 Å². The zero-order valence-corrected chi connectivity index (χ0v) is 18.7. The second-order valence-electron chi connectivity index (χ2n) is 9.03. The molecule has 0 saturated carbocycles. The van der Waals surface area contributed by atoms with Crippen molar-refractivity contribution in [3.8, 4) is 11.8 Å². The molecule has 1 unspecified atom stereocenters. The SMILES string of the molecule is COc1ccc(N2C(N)=C(C#N)C(c3cccc([N+](=O)[O-])c3)C3=C2CC(C)(C)CC3=O)cc1. The molecular formula is C25H24N4O4. The Labute approximate surface area is 191 Å². The summed E-state index contributed by atoms with van der Waals surface area (Å²) in [4.78, 5) is 26.1. The molecule has 0 spiro atoms. The third kappa shape index (κ3) is 3.82. The number of carbonyl (C=O) groups excluding carboxylic acids is 1. The van der Waals surface area contributed by atoms with E-state index in [-0.39, 0.29) is 28.3 Å². The van der Waals surface area contributed by atoms with Crippen molar-refractivity contribution in [3.05, 3.63) is 86.9 Å². The molecule has 1 atom stereocenters. The van der Waals surface area contributed by atoms with Gasteiger partial charge in [-0.15, -0.1) is 0 Å². The Morgan fingerprint density at radius 2 is 1.91 bits per heavy atom. The fourth-order valence-corrected chi connectivity index (χ4v) is 4.69. The molecule has 0 amide bonds. The fraction of sp³-hybridized carbons (Fsp3) is 0.280. The quantitative estimate of drug-likeness (QED) is 0.542. The Bertz CT molecular complexity index is 1250. The Balaban J connectivity index is 1.97. The predicted octanol–water partition coefficient (Wildman–Crippen LogP) is 4.54. The summed E-state index contributed by atoms with van der Waals surface area (Å²) in [7, 11) is 1.57. The van der Waals surface area contributed by atoms with Gasteiger partial charge in [-0.3, -0.25) is 19.8 Å². The highest BCUT2D eigenvalue weighted by atomic mass is 16.6. The molecule has 8 heteroatoms. The van der Waals surface area contributed by atoms with Gasteiger partial charge in [-0.2, -0.15) is 5.26 Å². The first-order valence-electron chi connectivity index (χ1n) is 10.5. The number of ether oxygens (including phenoxy) is 1. The van der Waals surface area contributed by atoms with Crippen LogP contribution in [0.4, 0.5) is 11.4 Å². The average molecular weight is 444 g/mol. The van der Waals surface area contributed by atoms with Gasteiger partial charge in [-0.25, -0.2) is 0 Å². The number of allylic oxidation sites excluding steroid dienone is 3. The van der Waals surface area contributed by atoms with Crippen LogP contribution in [0.25, 0.3) is 0 Å². The monoisotopic (exact) mass is 444 g/mol. The Morgan fingerprint density at radius 3 is 2.52 bits per heavy atom. The van der Waals surface area contributed by atoms with E-state index in [1.807, 2.05) is 26.0 Å². The second kappa shape index (κ2) is 8.10. The second-order valence-corrected chi connectivity index (χ2v) is 9.03. The number of benzene rings is 2. The number of anilines is 1. The van der Waals surface area contributed by atoms with Gasteiger partial charge in [-0.05, 0) is 41.7 Å². The molecule has 8 nitrogen and oxygen atoms in total. The minimum Gasteiger partial charge on any atom is -0.497 e. The van der Waals surface area contributed by atoms with E-state index in [2.05, 4.69) is 6.07 Å². The first-order valence-corrected chi connectivity index (χ1v) is 10.5. The van der Waals surface area contributed by atoms with Crippen LogP contribution in [0.2, 0.25) is 0 Å². The minimum absolute atomic E-state index is 0.0866. The van der Waals surface area contributed by atoms with Crippen LogP contribution in [0.5, 0.6) is 5.75 Å². The molecule has 1 heterocycles. The van der Waals surface area contributed by atoms with Crippen LogP contribution in [-0.4, -0.2) is 17.8 Å². The third-order valence-electron chi connectivity index (χ3n) is 6.13. The first kappa shape index (κ1) is 22.1. The molecule has 33 heavy (non-hydrogen) atoms. The number of methoxy groups -OCH3 is 1. The van der Waals surface area contributed by atoms with Gasteiger partial charge in [0.1, 0.15) is 11.6 Å². The molecule has 0 fully saturated rings. The lowest BCUT2D eigenvalue weighted by Crippen LogP contribution is -2.42. The van der Waals surface area contributed by atoms with Gasteiger partial charge in [0.25, 0.3) is 5.69 Å². The Kier molecular flexibility index (Phi) is 5.42. The average Bonchev–Trinajstić information content (AvgIpc) is 2.78. The number of Topliss-reactive ketones (excluding diaryl/α,β-unsaturated/α-hetero) is 1. The van der Waals surface area contributed by atoms with Crippen LogP contribution in [0.15, 0.2) is 71.2 Å². The van der Waals surface area contributed by atoms with Gasteiger partial charge in [0, 0.05) is 35.5 Å². The summed E-state index contributed by atoms with van der Waals surface area (Å²) in [5.41, 5.74) is 8.75. The van der Waals surface area contributed by atoms with Gasteiger partial charge in [0.05, 0.1) is 29.6 Å². The van der Waals surface area contributed by atoms with Crippen molar-refractivity contribution in [2.24, 2.45) is 11.1 Å². The maximum absolute atomic E-state index is 13.5. The molecular weight excluding hydrogens is 420 g/mol. The summed E-state index contributed by atoms with van der Waals surface area (Å²) in [5, 5.41) is 21.5. The summed E-state index contributed by atoms with van der Waals surface area (Å²) in [6.45, 7) is 4.03. The molecule has 0 bridgehead atoms. The maximum atomic E-state index is 13.5. The predicted molar refractivity (Wildman–Crippen MR) is 123 cm³/mol. The third-order valence-corrected chi connectivity index (χ3v) is 6.13. The number of ketones is 1. The molecule has 1 aliphatic carbocycles. The van der Waals surface area contributed by atoms with Crippen LogP contribution in [0, 0.1) is 26.9 Å². The van der Waals surface area contributed by atoms with Crippen LogP contribution >= 0.6 is 0 Å². The number of nitrogens with zero attached hydrogens (tertiary/aromatic N) is 3. The van der Waals surface area contributed by atoms with Crippen LogP contribution in [0.1, 0.15) is 38.2 Å². The number of hydrogen-bond donors (Lipinski definition) is 1. The molecule has 0 aromatic heterocycles. The highest BCUT2D eigenvalue weighted by Crippen LogP contribution is 2.50. The molecule has 0 radical (unpaired) electrons. The smallest absolute Gasteiger partial charge is 0.269 e. The topological polar surface area (TPSA) is 122 Å². The van der Waals surface area contributed by atoms with Gasteiger partial charge < -0.3 is 10.5 Å². The van der Waals surface area contributed by atoms with Gasteiger partial charge >= 0.3 is 0 Å². The molecule has 2 N–H and O–H groups in total. The number of nitro groups is 1. The Morgan fingerprint density at radius 1 is 1.21 bits per heavy atom. The molecule has 0 saturated heterocycles. The van der Waals surface area contributed by atoms with Gasteiger partial charge in [0.15, 0.2) is 5.78 Å². The van der Waals surface area contributed by atoms with Crippen molar-refractivity contribution in [1.29, 1.82) is 5.26 Å². The zero-order valence-electron chi connectivity index (χ0n) is 18.7. The molecule has 1 aliphatic heterocycles. The van der Waals surface area contributed by atoms with Crippen LogP contribution < -0.4 is 15.4 Å². The van der Waals surface area contributed by atoms with E-state index in [9.17, 15) is 20.2 Å². The van der Waals surface area contributed by atoms with E-state index in [0.717, 1.165) is 5.70 Å². The van der Waals surface area contributed by atoms with Gasteiger partial charge in [-0.1, -0.05) is 26.0 Å². The molecule has 2 aliphatic rings. The van der Waals surface area contributed by atoms with Crippen molar-refractivity contribution in [2.45, 2.75) is 32.6 Å². The number of hydrogen-bond acceptors (Lipinski definition) is 7. The highest BCUT2D eigenvalue weighted by Gasteiger charge is 2.44. The van der Waals surface area contributed by atoms with Crippen molar-refractivity contribution in [2.75, 3.05) is 12.0 Å². The summed E-state index contributed by atoms with van der Waals surface area (Å²) in [6, 6.07) is 15.5. The standard InChI is InChI=1S/C25H24N4O4/c1-25(2)12-20-23(21(30)13-25)22(15-5-4-6-17(11-15)29(31)32)19(14-26)24(27)28(20)16-7-9-18(33-3)10-8-16/h4-11,22H,12-13,27H2,1-3H3. The number of carbonyl (C=O) groups is 1. The van der Waals surface area contributed by atoms with E-state index in [4.69, 9.17) is 10.5 Å². The lowest BCUT2D eigenvalue weighted by Gasteiger charge is -2.43. The summed E-state index contributed by atoms with van der Waals surface area (Å²) < 4.78 is 5.25. The summed E-state index contributed by atoms with van der Waals surface area (Å²) in [5.74, 6) is 0.0329. The van der Waals surface area contributed by atoms with E-state index in [1.165, 1.54) is 12.1 Å². The van der Waals surface area contributed by atoms with Crippen molar-refractivity contribution in [1.82, 2.24) is 0 Å². The van der Waals surface area contributed by atoms with E-state index in [0.29, 0.717) is 35.4 Å². The van der Waals surface area contributed by atoms with Crippen LogP contribution in [0.3, 0.4) is 0 Å². The Hall–Kier alpha value is -4.12. The normalized spacial score (nSPS) is 19.8. The molecule has 168 valence electrons. The first-order chi connectivity index (χ1) is 15.7. The summed E-state index contributed by atoms with van der Waals surface area (Å²) in [6.07, 6.45) is 0.872. The highest BCUT2D eigenvalue weighted by molar-refractivity contribution is 6.01. The fourth-order valence-electron chi connectivity index (χ4n) is 4.69. The maximum Gasteiger partial charge on any atom is 0.269 e. The van der Waals surface area contributed by atoms with Crippen molar-refractivity contribution in [3.63, 3.8) is 0 Å².